The highest BCUT2D eigenvalue weighted by Crippen LogP contribution is 2.26. The molecule has 1 aliphatic heterocycles. The third-order valence-corrected chi connectivity index (χ3v) is 3.71. The smallest absolute Gasteiger partial charge is 0.323 e. The van der Waals surface area contributed by atoms with Crippen molar-refractivity contribution in [2.75, 3.05) is 16.0 Å². The van der Waals surface area contributed by atoms with Gasteiger partial charge in [0.25, 0.3) is 0 Å². The zero-order valence-electron chi connectivity index (χ0n) is 11.7. The van der Waals surface area contributed by atoms with E-state index < -0.39 is 0 Å². The summed E-state index contributed by atoms with van der Waals surface area (Å²) < 4.78 is 0. The van der Waals surface area contributed by atoms with E-state index in [-0.39, 0.29) is 11.9 Å². The molecule has 3 amide bonds. The maximum Gasteiger partial charge on any atom is 0.323 e. The molecule has 3 rings (SSSR count). The largest absolute Gasteiger partial charge is 0.326 e. The molecular weight excluding hydrogens is 302 g/mol. The Morgan fingerprint density at radius 2 is 1.91 bits per heavy atom. The Labute approximate surface area is 132 Å². The van der Waals surface area contributed by atoms with Crippen molar-refractivity contribution in [3.63, 3.8) is 0 Å². The van der Waals surface area contributed by atoms with E-state index in [4.69, 9.17) is 11.6 Å². The molecule has 112 valence electrons. The van der Waals surface area contributed by atoms with Gasteiger partial charge in [-0.1, -0.05) is 23.7 Å². The molecule has 0 spiro atoms. The molecule has 22 heavy (non-hydrogen) atoms. The standard InChI is InChI=1S/C16H14ClN3O2/c17-12-3-1-2-4-14(12)20-16(22)18-11-6-7-13-10(9-11)5-8-15(21)19-13/h1-4,6-7,9H,5,8H2,(H,19,21)(H2,18,20,22). The minimum Gasteiger partial charge on any atom is -0.326 e. The Balaban J connectivity index is 1.70. The van der Waals surface area contributed by atoms with E-state index in [1.165, 1.54) is 0 Å². The summed E-state index contributed by atoms with van der Waals surface area (Å²) in [7, 11) is 0. The third kappa shape index (κ3) is 3.20. The number of para-hydroxylation sites is 1. The number of carbonyl (C=O) groups is 2. The number of aryl methyl sites for hydroxylation is 1. The summed E-state index contributed by atoms with van der Waals surface area (Å²) in [4.78, 5) is 23.3. The molecule has 2 aromatic rings. The number of anilines is 3. The summed E-state index contributed by atoms with van der Waals surface area (Å²) in [5.74, 6) is 0.0182. The molecule has 1 aliphatic rings. The van der Waals surface area contributed by atoms with Crippen LogP contribution >= 0.6 is 11.6 Å². The quantitative estimate of drug-likeness (QED) is 0.787. The highest BCUT2D eigenvalue weighted by molar-refractivity contribution is 6.33. The highest BCUT2D eigenvalue weighted by Gasteiger charge is 2.15. The minimum absolute atomic E-state index is 0.0182. The van der Waals surface area contributed by atoms with Crippen LogP contribution in [0.2, 0.25) is 5.02 Å². The van der Waals surface area contributed by atoms with Crippen LogP contribution in [0.25, 0.3) is 0 Å². The average molecular weight is 316 g/mol. The fourth-order valence-corrected chi connectivity index (χ4v) is 2.49. The zero-order valence-corrected chi connectivity index (χ0v) is 12.4. The van der Waals surface area contributed by atoms with E-state index in [0.717, 1.165) is 11.3 Å². The molecule has 0 aliphatic carbocycles. The molecule has 6 heteroatoms. The first-order chi connectivity index (χ1) is 10.6. The van der Waals surface area contributed by atoms with Crippen molar-refractivity contribution in [2.24, 2.45) is 0 Å². The molecule has 0 fully saturated rings. The summed E-state index contributed by atoms with van der Waals surface area (Å²) in [6.45, 7) is 0. The number of hydrogen-bond donors (Lipinski definition) is 3. The van der Waals surface area contributed by atoms with E-state index >= 15 is 0 Å². The van der Waals surface area contributed by atoms with Gasteiger partial charge in [-0.05, 0) is 42.3 Å². The van der Waals surface area contributed by atoms with Crippen molar-refractivity contribution in [2.45, 2.75) is 12.8 Å². The predicted octanol–water partition coefficient (Wildman–Crippen LogP) is 3.87. The van der Waals surface area contributed by atoms with Crippen LogP contribution in [0.4, 0.5) is 21.9 Å². The van der Waals surface area contributed by atoms with E-state index in [1.54, 1.807) is 36.4 Å². The Bertz CT molecular complexity index is 746. The number of hydrogen-bond acceptors (Lipinski definition) is 2. The monoisotopic (exact) mass is 315 g/mol. The van der Waals surface area contributed by atoms with Gasteiger partial charge in [0.15, 0.2) is 0 Å². The van der Waals surface area contributed by atoms with Gasteiger partial charge in [-0.25, -0.2) is 4.79 Å². The van der Waals surface area contributed by atoms with Gasteiger partial charge in [0.1, 0.15) is 0 Å². The van der Waals surface area contributed by atoms with Crippen LogP contribution < -0.4 is 16.0 Å². The van der Waals surface area contributed by atoms with Crippen molar-refractivity contribution >= 4 is 40.6 Å². The SMILES string of the molecule is O=C1CCc2cc(NC(=O)Nc3ccccc3Cl)ccc2N1. The van der Waals surface area contributed by atoms with E-state index in [0.29, 0.717) is 29.2 Å². The lowest BCUT2D eigenvalue weighted by Gasteiger charge is -2.18. The molecule has 0 atom stereocenters. The number of halogens is 1. The number of amides is 3. The first-order valence-electron chi connectivity index (χ1n) is 6.87. The lowest BCUT2D eigenvalue weighted by Crippen LogP contribution is -2.21. The Hall–Kier alpha value is -2.53. The second-order valence-corrected chi connectivity index (χ2v) is 5.39. The zero-order chi connectivity index (χ0) is 15.5. The molecule has 5 nitrogen and oxygen atoms in total. The second kappa shape index (κ2) is 6.07. The molecule has 0 bridgehead atoms. The van der Waals surface area contributed by atoms with E-state index in [1.807, 2.05) is 6.07 Å². The van der Waals surface area contributed by atoms with Crippen molar-refractivity contribution in [1.29, 1.82) is 0 Å². The first kappa shape index (κ1) is 14.4. The van der Waals surface area contributed by atoms with Gasteiger partial charge < -0.3 is 16.0 Å². The number of urea groups is 1. The van der Waals surface area contributed by atoms with Crippen LogP contribution in [0, 0.1) is 0 Å². The summed E-state index contributed by atoms with van der Waals surface area (Å²) in [6.07, 6.45) is 1.13. The Morgan fingerprint density at radius 1 is 1.09 bits per heavy atom. The maximum atomic E-state index is 12.0. The normalized spacial score (nSPS) is 13.0. The predicted molar refractivity (Wildman–Crippen MR) is 87.5 cm³/mol. The maximum absolute atomic E-state index is 12.0. The van der Waals surface area contributed by atoms with Gasteiger partial charge in [-0.3, -0.25) is 4.79 Å². The fourth-order valence-electron chi connectivity index (χ4n) is 2.31. The van der Waals surface area contributed by atoms with Crippen LogP contribution in [0.3, 0.4) is 0 Å². The highest BCUT2D eigenvalue weighted by atomic mass is 35.5. The van der Waals surface area contributed by atoms with Gasteiger partial charge >= 0.3 is 6.03 Å². The molecule has 0 saturated heterocycles. The van der Waals surface area contributed by atoms with Crippen LogP contribution in [0.5, 0.6) is 0 Å². The molecule has 0 aromatic heterocycles. The summed E-state index contributed by atoms with van der Waals surface area (Å²) in [5.41, 5.74) is 3.02. The molecule has 0 radical (unpaired) electrons. The molecule has 3 N–H and O–H groups in total. The van der Waals surface area contributed by atoms with Gasteiger partial charge in [-0.15, -0.1) is 0 Å². The summed E-state index contributed by atoms with van der Waals surface area (Å²) >= 11 is 6.00. The van der Waals surface area contributed by atoms with E-state index in [9.17, 15) is 9.59 Å². The number of benzene rings is 2. The average Bonchev–Trinajstić information content (AvgIpc) is 2.50. The summed E-state index contributed by atoms with van der Waals surface area (Å²) in [6, 6.07) is 12.1. The van der Waals surface area contributed by atoms with Crippen molar-refractivity contribution in [3.05, 3.63) is 53.1 Å². The molecule has 1 heterocycles. The van der Waals surface area contributed by atoms with Gasteiger partial charge in [0.2, 0.25) is 5.91 Å². The molecule has 0 saturated carbocycles. The van der Waals surface area contributed by atoms with Crippen LogP contribution in [0.15, 0.2) is 42.5 Å². The van der Waals surface area contributed by atoms with Crippen LogP contribution in [-0.2, 0) is 11.2 Å². The summed E-state index contributed by atoms with van der Waals surface area (Å²) in [5, 5.41) is 8.73. The number of rotatable bonds is 2. The number of carbonyl (C=O) groups excluding carboxylic acids is 2. The molecule has 0 unspecified atom stereocenters. The topological polar surface area (TPSA) is 70.2 Å². The fraction of sp³-hybridized carbons (Fsp3) is 0.125. The van der Waals surface area contributed by atoms with Crippen molar-refractivity contribution in [1.82, 2.24) is 0 Å². The van der Waals surface area contributed by atoms with Crippen LogP contribution in [-0.4, -0.2) is 11.9 Å². The Morgan fingerprint density at radius 3 is 2.73 bits per heavy atom. The van der Waals surface area contributed by atoms with Crippen LogP contribution in [0.1, 0.15) is 12.0 Å². The number of fused-ring (bicyclic) bond motifs is 1. The number of nitrogens with one attached hydrogen (secondary N) is 3. The lowest BCUT2D eigenvalue weighted by atomic mass is 10.0. The minimum atomic E-state index is -0.368. The van der Waals surface area contributed by atoms with Gasteiger partial charge in [0, 0.05) is 17.8 Å². The lowest BCUT2D eigenvalue weighted by molar-refractivity contribution is -0.116. The second-order valence-electron chi connectivity index (χ2n) is 4.98. The third-order valence-electron chi connectivity index (χ3n) is 3.38. The van der Waals surface area contributed by atoms with Crippen molar-refractivity contribution in [3.8, 4) is 0 Å². The molecular formula is C16H14ClN3O2. The van der Waals surface area contributed by atoms with Gasteiger partial charge in [-0.2, -0.15) is 0 Å². The van der Waals surface area contributed by atoms with Gasteiger partial charge in [0.05, 0.1) is 10.7 Å². The Kier molecular flexibility index (Phi) is 3.98. The first-order valence-corrected chi connectivity index (χ1v) is 7.25. The van der Waals surface area contributed by atoms with E-state index in [2.05, 4.69) is 16.0 Å². The molecule has 2 aromatic carbocycles. The van der Waals surface area contributed by atoms with Crippen molar-refractivity contribution < 1.29 is 9.59 Å².